The van der Waals surface area contributed by atoms with Gasteiger partial charge in [-0.15, -0.1) is 0 Å². The number of hydrogen-bond acceptors (Lipinski definition) is 4. The molecule has 1 amide bonds. The van der Waals surface area contributed by atoms with E-state index in [2.05, 4.69) is 10.2 Å². The summed E-state index contributed by atoms with van der Waals surface area (Å²) in [6.45, 7) is 6.30. The third-order valence-corrected chi connectivity index (χ3v) is 6.52. The lowest BCUT2D eigenvalue weighted by molar-refractivity contribution is -0.121. The van der Waals surface area contributed by atoms with Crippen LogP contribution >= 0.6 is 0 Å². The van der Waals surface area contributed by atoms with Crippen molar-refractivity contribution in [3.63, 3.8) is 0 Å². The van der Waals surface area contributed by atoms with Gasteiger partial charge in [0, 0.05) is 25.3 Å². The van der Waals surface area contributed by atoms with Crippen molar-refractivity contribution in [1.29, 1.82) is 0 Å². The molecule has 1 fully saturated rings. The Hall–Kier alpha value is -1.44. The molecule has 2 rings (SSSR count). The molecule has 7 heteroatoms. The number of hydrogen-bond donors (Lipinski definition) is 1. The van der Waals surface area contributed by atoms with Crippen LogP contribution in [0, 0.1) is 5.92 Å². The maximum Gasteiger partial charge on any atom is 0.243 e. The summed E-state index contributed by atoms with van der Waals surface area (Å²) in [6.07, 6.45) is 1.92. The Morgan fingerprint density at radius 1 is 1.25 bits per heavy atom. The van der Waals surface area contributed by atoms with Gasteiger partial charge >= 0.3 is 0 Å². The molecule has 1 heterocycles. The highest BCUT2D eigenvalue weighted by Gasteiger charge is 2.24. The number of nitrogens with zero attached hydrogens (tertiary/aromatic N) is 2. The Kier molecular flexibility index (Phi) is 6.37. The average molecular weight is 353 g/mol. The minimum atomic E-state index is -3.46. The molecule has 1 aromatic carbocycles. The van der Waals surface area contributed by atoms with Gasteiger partial charge in [-0.1, -0.05) is 13.8 Å². The van der Waals surface area contributed by atoms with Crippen molar-refractivity contribution in [3.05, 3.63) is 24.3 Å². The molecule has 0 aromatic heterocycles. The van der Waals surface area contributed by atoms with Crippen LogP contribution in [0.15, 0.2) is 29.2 Å². The fourth-order valence-electron chi connectivity index (χ4n) is 3.05. The van der Waals surface area contributed by atoms with Gasteiger partial charge in [-0.05, 0) is 50.7 Å². The van der Waals surface area contributed by atoms with Crippen LogP contribution in [0.4, 0.5) is 5.69 Å². The molecule has 0 aliphatic carbocycles. The zero-order chi connectivity index (χ0) is 17.7. The first kappa shape index (κ1) is 18.9. The minimum absolute atomic E-state index is 0.000833. The van der Waals surface area contributed by atoms with Crippen LogP contribution in [0.2, 0.25) is 0 Å². The Morgan fingerprint density at radius 2 is 1.88 bits per heavy atom. The van der Waals surface area contributed by atoms with E-state index in [0.29, 0.717) is 18.8 Å². The number of anilines is 1. The zero-order valence-corrected chi connectivity index (χ0v) is 15.5. The zero-order valence-electron chi connectivity index (χ0n) is 14.7. The first-order chi connectivity index (χ1) is 11.4. The number of nitrogens with one attached hydrogen (secondary N) is 1. The molecule has 1 atom stereocenters. The first-order valence-electron chi connectivity index (χ1n) is 8.48. The van der Waals surface area contributed by atoms with Gasteiger partial charge in [0.15, 0.2) is 0 Å². The number of sulfonamides is 1. The molecule has 0 radical (unpaired) electrons. The fourth-order valence-corrected chi connectivity index (χ4v) is 4.51. The highest BCUT2D eigenvalue weighted by Crippen LogP contribution is 2.20. The summed E-state index contributed by atoms with van der Waals surface area (Å²) in [7, 11) is -1.44. The van der Waals surface area contributed by atoms with E-state index in [1.807, 2.05) is 20.9 Å². The molecular formula is C17H27N3O3S. The number of carbonyl (C=O) groups excluding carboxylic acids is 1. The van der Waals surface area contributed by atoms with Crippen molar-refractivity contribution in [3.8, 4) is 0 Å². The van der Waals surface area contributed by atoms with Crippen molar-refractivity contribution < 1.29 is 13.2 Å². The molecule has 1 N–H and O–H groups in total. The molecule has 134 valence electrons. The lowest BCUT2D eigenvalue weighted by atomic mass is 9.97. The predicted molar refractivity (Wildman–Crippen MR) is 95.4 cm³/mol. The van der Waals surface area contributed by atoms with Crippen molar-refractivity contribution >= 4 is 21.6 Å². The topological polar surface area (TPSA) is 69.7 Å². The molecule has 1 aromatic rings. The average Bonchev–Trinajstić information content (AvgIpc) is 2.56. The van der Waals surface area contributed by atoms with Gasteiger partial charge in [-0.2, -0.15) is 4.31 Å². The van der Waals surface area contributed by atoms with E-state index in [4.69, 9.17) is 0 Å². The maximum atomic E-state index is 12.4. The van der Waals surface area contributed by atoms with Crippen LogP contribution in [-0.2, 0) is 14.8 Å². The van der Waals surface area contributed by atoms with Gasteiger partial charge in [0.05, 0.1) is 10.8 Å². The van der Waals surface area contributed by atoms with E-state index >= 15 is 0 Å². The van der Waals surface area contributed by atoms with Crippen LogP contribution in [0.5, 0.6) is 0 Å². The number of rotatable bonds is 6. The van der Waals surface area contributed by atoms with Gasteiger partial charge in [-0.3, -0.25) is 4.79 Å². The molecule has 1 aliphatic rings. The Morgan fingerprint density at radius 3 is 2.42 bits per heavy atom. The molecule has 1 aliphatic heterocycles. The number of benzene rings is 1. The summed E-state index contributed by atoms with van der Waals surface area (Å²) >= 11 is 0. The second-order valence-electron chi connectivity index (χ2n) is 6.20. The van der Waals surface area contributed by atoms with Crippen molar-refractivity contribution in [2.45, 2.75) is 31.6 Å². The van der Waals surface area contributed by atoms with E-state index < -0.39 is 10.0 Å². The van der Waals surface area contributed by atoms with E-state index in [1.54, 1.807) is 24.3 Å². The first-order valence-corrected chi connectivity index (χ1v) is 9.92. The molecule has 0 spiro atoms. The lowest BCUT2D eigenvalue weighted by Gasteiger charge is -2.28. The standard InChI is InChI=1S/C17H27N3O3S/c1-4-20(5-2)24(22,23)16-10-8-15(9-11-16)18-17(21)14-7-6-12-19(3)13-14/h8-11,14H,4-7,12-13H2,1-3H3,(H,18,21). The quantitative estimate of drug-likeness (QED) is 0.849. The second-order valence-corrected chi connectivity index (χ2v) is 8.14. The van der Waals surface area contributed by atoms with Gasteiger partial charge in [0.2, 0.25) is 15.9 Å². The lowest BCUT2D eigenvalue weighted by Crippen LogP contribution is -2.38. The van der Waals surface area contributed by atoms with Crippen LogP contribution in [0.1, 0.15) is 26.7 Å². The number of amides is 1. The maximum absolute atomic E-state index is 12.4. The van der Waals surface area contributed by atoms with Crippen LogP contribution in [-0.4, -0.2) is 56.8 Å². The highest BCUT2D eigenvalue weighted by molar-refractivity contribution is 7.89. The Balaban J connectivity index is 2.05. The van der Waals surface area contributed by atoms with Crippen LogP contribution in [0.3, 0.4) is 0 Å². The molecule has 24 heavy (non-hydrogen) atoms. The van der Waals surface area contributed by atoms with Gasteiger partial charge in [-0.25, -0.2) is 8.42 Å². The molecule has 1 unspecified atom stereocenters. The molecular weight excluding hydrogens is 326 g/mol. The van der Waals surface area contributed by atoms with E-state index in [9.17, 15) is 13.2 Å². The summed E-state index contributed by atoms with van der Waals surface area (Å²) in [6, 6.07) is 6.41. The fraction of sp³-hybridized carbons (Fsp3) is 0.588. The normalized spacial score (nSPS) is 19.4. The smallest absolute Gasteiger partial charge is 0.243 e. The molecule has 6 nitrogen and oxygen atoms in total. The Labute approximate surface area is 144 Å². The largest absolute Gasteiger partial charge is 0.326 e. The third-order valence-electron chi connectivity index (χ3n) is 4.46. The van der Waals surface area contributed by atoms with Gasteiger partial charge in [0.25, 0.3) is 0 Å². The number of piperidine rings is 1. The number of carbonyl (C=O) groups is 1. The predicted octanol–water partition coefficient (Wildman–Crippen LogP) is 2.00. The molecule has 0 saturated carbocycles. The van der Waals surface area contributed by atoms with Crippen molar-refractivity contribution in [2.24, 2.45) is 5.92 Å². The summed E-state index contributed by atoms with van der Waals surface area (Å²) in [5.74, 6) is -0.0104. The van der Waals surface area contributed by atoms with E-state index in [1.165, 1.54) is 4.31 Å². The molecule has 1 saturated heterocycles. The van der Waals surface area contributed by atoms with Crippen molar-refractivity contribution in [1.82, 2.24) is 9.21 Å². The van der Waals surface area contributed by atoms with E-state index in [0.717, 1.165) is 25.9 Å². The minimum Gasteiger partial charge on any atom is -0.326 e. The highest BCUT2D eigenvalue weighted by atomic mass is 32.2. The van der Waals surface area contributed by atoms with Crippen LogP contribution in [0.25, 0.3) is 0 Å². The summed E-state index contributed by atoms with van der Waals surface area (Å²) in [4.78, 5) is 14.7. The summed E-state index contributed by atoms with van der Waals surface area (Å²) in [5.41, 5.74) is 0.631. The third kappa shape index (κ3) is 4.34. The van der Waals surface area contributed by atoms with Gasteiger partial charge < -0.3 is 10.2 Å². The van der Waals surface area contributed by atoms with Crippen LogP contribution < -0.4 is 5.32 Å². The second kappa shape index (κ2) is 8.09. The van der Waals surface area contributed by atoms with Gasteiger partial charge in [0.1, 0.15) is 0 Å². The monoisotopic (exact) mass is 353 g/mol. The summed E-state index contributed by atoms with van der Waals surface area (Å²) < 4.78 is 26.3. The van der Waals surface area contributed by atoms with E-state index in [-0.39, 0.29) is 16.7 Å². The summed E-state index contributed by atoms with van der Waals surface area (Å²) in [5, 5.41) is 2.89. The Bertz CT molecular complexity index is 654. The SMILES string of the molecule is CCN(CC)S(=O)(=O)c1ccc(NC(=O)C2CCCN(C)C2)cc1. The molecule has 0 bridgehead atoms. The van der Waals surface area contributed by atoms with Crippen molar-refractivity contribution in [2.75, 3.05) is 38.5 Å². The number of likely N-dealkylation sites (tertiary alicyclic amines) is 1.